The van der Waals surface area contributed by atoms with Gasteiger partial charge in [-0.05, 0) is 31.5 Å². The fraction of sp³-hybridized carbons (Fsp3) is 0.231. The third kappa shape index (κ3) is 3.09. The summed E-state index contributed by atoms with van der Waals surface area (Å²) in [6.45, 7) is 3.64. The lowest BCUT2D eigenvalue weighted by Crippen LogP contribution is -2.17. The maximum Gasteiger partial charge on any atom is 0.258 e. The molecule has 0 aliphatic carbocycles. The van der Waals surface area contributed by atoms with Crippen LogP contribution in [0.15, 0.2) is 24.3 Å². The van der Waals surface area contributed by atoms with E-state index in [-0.39, 0.29) is 11.7 Å². The summed E-state index contributed by atoms with van der Waals surface area (Å²) in [5.41, 5.74) is 1.68. The van der Waals surface area contributed by atoms with Gasteiger partial charge in [0, 0.05) is 0 Å². The van der Waals surface area contributed by atoms with Crippen LogP contribution in [0.4, 0.5) is 10.2 Å². The van der Waals surface area contributed by atoms with Crippen molar-refractivity contribution in [3.8, 4) is 0 Å². The molecule has 0 saturated carbocycles. The molecular weight excluding hydrogens is 247 g/mol. The summed E-state index contributed by atoms with van der Waals surface area (Å²) < 4.78 is 12.9. The maximum absolute atomic E-state index is 12.9. The molecule has 5 nitrogen and oxygen atoms in total. The Morgan fingerprint density at radius 1 is 1.37 bits per heavy atom. The zero-order valence-corrected chi connectivity index (χ0v) is 10.6. The molecule has 98 valence electrons. The van der Waals surface area contributed by atoms with Gasteiger partial charge in [-0.15, -0.1) is 0 Å². The fourth-order valence-corrected chi connectivity index (χ4v) is 1.63. The monoisotopic (exact) mass is 260 g/mol. The molecule has 1 N–H and O–H groups in total. The van der Waals surface area contributed by atoms with E-state index >= 15 is 0 Å². The first-order valence-corrected chi connectivity index (χ1v) is 5.87. The summed E-state index contributed by atoms with van der Waals surface area (Å²) in [6.07, 6.45) is 0.590. The second-order valence-corrected chi connectivity index (χ2v) is 4.00. The van der Waals surface area contributed by atoms with Crippen LogP contribution < -0.4 is 5.32 Å². The predicted molar refractivity (Wildman–Crippen MR) is 68.3 cm³/mol. The molecule has 0 spiro atoms. The lowest BCUT2D eigenvalue weighted by molar-refractivity contribution is 0.102. The molecule has 2 rings (SSSR count). The number of pyridine rings is 1. The van der Waals surface area contributed by atoms with Crippen LogP contribution in [-0.2, 0) is 6.42 Å². The second kappa shape index (κ2) is 5.51. The molecule has 0 bridgehead atoms. The van der Waals surface area contributed by atoms with E-state index in [1.54, 1.807) is 13.0 Å². The second-order valence-electron chi connectivity index (χ2n) is 4.00. The Morgan fingerprint density at radius 3 is 2.84 bits per heavy atom. The van der Waals surface area contributed by atoms with Crippen molar-refractivity contribution in [3.63, 3.8) is 0 Å². The summed E-state index contributed by atoms with van der Waals surface area (Å²) in [5, 5.41) is 10.4. The average molecular weight is 260 g/mol. The third-order valence-electron chi connectivity index (χ3n) is 2.53. The first-order valence-electron chi connectivity index (χ1n) is 5.87. The summed E-state index contributed by atoms with van der Waals surface area (Å²) in [7, 11) is 0. The van der Waals surface area contributed by atoms with Crippen LogP contribution in [0, 0.1) is 12.9 Å². The van der Waals surface area contributed by atoms with E-state index in [0.717, 1.165) is 0 Å². The van der Waals surface area contributed by atoms with Crippen LogP contribution in [0.25, 0.3) is 0 Å². The molecular formula is C13H13FN4O. The zero-order valence-electron chi connectivity index (χ0n) is 10.6. The Labute approximate surface area is 109 Å². The minimum absolute atomic E-state index is 0.168. The Hall–Kier alpha value is -2.37. The molecule has 1 amide bonds. The minimum Gasteiger partial charge on any atom is -0.306 e. The molecule has 2 aromatic heterocycles. The van der Waals surface area contributed by atoms with Crippen LogP contribution in [0.1, 0.15) is 28.7 Å². The standard InChI is InChI=1S/C13H13FN4O/c1-3-10-9(7-8(2)17-18-10)13(19)16-12-6-4-5-11(14)15-12/h4-7H,3H2,1-2H3,(H,15,16,19). The van der Waals surface area contributed by atoms with Crippen molar-refractivity contribution in [2.75, 3.05) is 5.32 Å². The number of nitrogens with zero attached hydrogens (tertiary/aromatic N) is 3. The number of aromatic nitrogens is 3. The van der Waals surface area contributed by atoms with Gasteiger partial charge in [0.15, 0.2) is 0 Å². The number of hydrogen-bond donors (Lipinski definition) is 1. The normalized spacial score (nSPS) is 10.3. The highest BCUT2D eigenvalue weighted by molar-refractivity contribution is 6.04. The fourth-order valence-electron chi connectivity index (χ4n) is 1.63. The number of anilines is 1. The molecule has 0 aliphatic rings. The van der Waals surface area contributed by atoms with Gasteiger partial charge in [0.05, 0.1) is 17.0 Å². The van der Waals surface area contributed by atoms with E-state index in [1.807, 2.05) is 6.92 Å². The van der Waals surface area contributed by atoms with Crippen molar-refractivity contribution in [3.05, 3.63) is 47.2 Å². The van der Waals surface area contributed by atoms with Gasteiger partial charge in [0.25, 0.3) is 5.91 Å². The lowest BCUT2D eigenvalue weighted by Gasteiger charge is -2.07. The quantitative estimate of drug-likeness (QED) is 0.858. The lowest BCUT2D eigenvalue weighted by atomic mass is 10.1. The van der Waals surface area contributed by atoms with Gasteiger partial charge in [0.2, 0.25) is 5.95 Å². The molecule has 2 aromatic rings. The van der Waals surface area contributed by atoms with Gasteiger partial charge >= 0.3 is 0 Å². The summed E-state index contributed by atoms with van der Waals surface area (Å²) in [6, 6.07) is 5.87. The van der Waals surface area contributed by atoms with Gasteiger partial charge in [-0.1, -0.05) is 13.0 Å². The Bertz CT molecular complexity index is 615. The number of nitrogens with one attached hydrogen (secondary N) is 1. The van der Waals surface area contributed by atoms with E-state index in [0.29, 0.717) is 23.4 Å². The highest BCUT2D eigenvalue weighted by atomic mass is 19.1. The zero-order chi connectivity index (χ0) is 13.8. The number of amides is 1. The van der Waals surface area contributed by atoms with Crippen LogP contribution in [-0.4, -0.2) is 21.1 Å². The van der Waals surface area contributed by atoms with Crippen molar-refractivity contribution in [2.45, 2.75) is 20.3 Å². The first kappa shape index (κ1) is 13.1. The average Bonchev–Trinajstić information content (AvgIpc) is 2.38. The van der Waals surface area contributed by atoms with Crippen LogP contribution in [0.3, 0.4) is 0 Å². The topological polar surface area (TPSA) is 67.8 Å². The summed E-state index contributed by atoms with van der Waals surface area (Å²) in [5.74, 6) is -0.841. The molecule has 2 heterocycles. The molecule has 0 unspecified atom stereocenters. The number of rotatable bonds is 3. The number of carbonyl (C=O) groups is 1. The van der Waals surface area contributed by atoms with Crippen molar-refractivity contribution in [1.82, 2.24) is 15.2 Å². The van der Waals surface area contributed by atoms with Gasteiger partial charge in [-0.2, -0.15) is 14.6 Å². The van der Waals surface area contributed by atoms with E-state index in [1.165, 1.54) is 18.2 Å². The van der Waals surface area contributed by atoms with Gasteiger partial charge in [0.1, 0.15) is 5.82 Å². The van der Waals surface area contributed by atoms with Crippen molar-refractivity contribution in [1.29, 1.82) is 0 Å². The van der Waals surface area contributed by atoms with E-state index in [2.05, 4.69) is 20.5 Å². The first-order chi connectivity index (χ1) is 9.10. The molecule has 0 atom stereocenters. The SMILES string of the molecule is CCc1nnc(C)cc1C(=O)Nc1cccc(F)n1. The van der Waals surface area contributed by atoms with Crippen molar-refractivity contribution in [2.24, 2.45) is 0 Å². The Morgan fingerprint density at radius 2 is 2.16 bits per heavy atom. The van der Waals surface area contributed by atoms with Gasteiger partial charge < -0.3 is 5.32 Å². The largest absolute Gasteiger partial charge is 0.306 e. The summed E-state index contributed by atoms with van der Waals surface area (Å²) >= 11 is 0. The van der Waals surface area contributed by atoms with E-state index in [4.69, 9.17) is 0 Å². The van der Waals surface area contributed by atoms with Gasteiger partial charge in [-0.3, -0.25) is 4.79 Å². The molecule has 0 fully saturated rings. The summed E-state index contributed by atoms with van der Waals surface area (Å²) in [4.78, 5) is 15.7. The number of aryl methyl sites for hydroxylation is 2. The van der Waals surface area contributed by atoms with Gasteiger partial charge in [-0.25, -0.2) is 4.98 Å². The number of carbonyl (C=O) groups excluding carboxylic acids is 1. The Kier molecular flexibility index (Phi) is 3.79. The molecule has 0 radical (unpaired) electrons. The highest BCUT2D eigenvalue weighted by Gasteiger charge is 2.13. The van der Waals surface area contributed by atoms with E-state index < -0.39 is 5.95 Å². The van der Waals surface area contributed by atoms with Crippen LogP contribution >= 0.6 is 0 Å². The van der Waals surface area contributed by atoms with Crippen molar-refractivity contribution >= 4 is 11.7 Å². The molecule has 0 aliphatic heterocycles. The molecule has 0 saturated heterocycles. The minimum atomic E-state index is -0.641. The number of hydrogen-bond acceptors (Lipinski definition) is 4. The van der Waals surface area contributed by atoms with Crippen LogP contribution in [0.5, 0.6) is 0 Å². The molecule has 19 heavy (non-hydrogen) atoms. The highest BCUT2D eigenvalue weighted by Crippen LogP contribution is 2.11. The Balaban J connectivity index is 2.27. The maximum atomic E-state index is 12.9. The van der Waals surface area contributed by atoms with Crippen LogP contribution in [0.2, 0.25) is 0 Å². The van der Waals surface area contributed by atoms with Crippen molar-refractivity contribution < 1.29 is 9.18 Å². The number of halogens is 1. The van der Waals surface area contributed by atoms with E-state index in [9.17, 15) is 9.18 Å². The third-order valence-corrected chi connectivity index (χ3v) is 2.53. The predicted octanol–water partition coefficient (Wildman–Crippen LogP) is 2.13. The smallest absolute Gasteiger partial charge is 0.258 e. The molecule has 0 aromatic carbocycles. The molecule has 6 heteroatoms.